The smallest absolute Gasteiger partial charge is 0.157 e. The number of carbonyl (C=O) groups is 2. The van der Waals surface area contributed by atoms with Crippen LogP contribution in [0.5, 0.6) is 17.2 Å². The molecule has 4 rings (SSSR count). The normalized spacial score (nSPS) is 36.9. The molecule has 3 fully saturated rings. The van der Waals surface area contributed by atoms with Gasteiger partial charge in [-0.1, -0.05) is 34.6 Å². The number of hydrogen-bond donors (Lipinski definition) is 4. The van der Waals surface area contributed by atoms with E-state index in [2.05, 4.69) is 34.6 Å². The summed E-state index contributed by atoms with van der Waals surface area (Å²) in [5.41, 5.74) is -1.55. The molecule has 0 amide bonds. The van der Waals surface area contributed by atoms with Crippen molar-refractivity contribution in [3.8, 4) is 17.2 Å². The fourth-order valence-corrected chi connectivity index (χ4v) is 8.23. The highest BCUT2D eigenvalue weighted by Crippen LogP contribution is 2.76. The Balaban J connectivity index is 1.94. The standard InChI is InChI=1S/C28H40O6/c1-14(2)11-19(20-24(32)15(12-29)23(31)16(13-30)25(20)33)27(5)9-7-18-22(27)21-17(26(21,3)4)8-10-28(18,6)34/h12-14,17-19,21-22,31-34H,7-11H2,1-6H3/t17-,18-,19-,21-,22-,27-,28-/m1/s1. The highest BCUT2D eigenvalue weighted by molar-refractivity contribution is 5.95. The quantitative estimate of drug-likeness (QED) is 0.412. The molecule has 0 aromatic heterocycles. The number of aliphatic hydroxyl groups is 1. The molecule has 7 atom stereocenters. The summed E-state index contributed by atoms with van der Waals surface area (Å²) < 4.78 is 0. The first-order valence-electron chi connectivity index (χ1n) is 12.7. The molecule has 3 saturated carbocycles. The predicted molar refractivity (Wildman–Crippen MR) is 129 cm³/mol. The molecule has 6 nitrogen and oxygen atoms in total. The molecule has 0 unspecified atom stereocenters. The van der Waals surface area contributed by atoms with Gasteiger partial charge >= 0.3 is 0 Å². The van der Waals surface area contributed by atoms with Crippen LogP contribution in [0.2, 0.25) is 0 Å². The van der Waals surface area contributed by atoms with E-state index in [0.717, 1.165) is 25.7 Å². The lowest BCUT2D eigenvalue weighted by molar-refractivity contribution is -0.0441. The Morgan fingerprint density at radius 2 is 1.38 bits per heavy atom. The largest absolute Gasteiger partial charge is 0.507 e. The van der Waals surface area contributed by atoms with Gasteiger partial charge in [-0.2, -0.15) is 0 Å². The molecule has 3 aliphatic rings. The molecule has 0 spiro atoms. The van der Waals surface area contributed by atoms with Gasteiger partial charge < -0.3 is 20.4 Å². The number of aldehydes is 2. The van der Waals surface area contributed by atoms with Crippen LogP contribution in [-0.4, -0.2) is 38.6 Å². The van der Waals surface area contributed by atoms with E-state index >= 15 is 0 Å². The van der Waals surface area contributed by atoms with E-state index in [4.69, 9.17) is 0 Å². The summed E-state index contributed by atoms with van der Waals surface area (Å²) in [6.07, 6.45) is 4.71. The molecule has 0 bridgehead atoms. The van der Waals surface area contributed by atoms with Gasteiger partial charge in [0.05, 0.1) is 16.7 Å². The summed E-state index contributed by atoms with van der Waals surface area (Å²) >= 11 is 0. The van der Waals surface area contributed by atoms with E-state index in [1.807, 2.05) is 6.92 Å². The maximum Gasteiger partial charge on any atom is 0.157 e. The van der Waals surface area contributed by atoms with Crippen molar-refractivity contribution in [2.24, 2.45) is 40.4 Å². The monoisotopic (exact) mass is 472 g/mol. The van der Waals surface area contributed by atoms with E-state index in [1.54, 1.807) is 0 Å². The van der Waals surface area contributed by atoms with Crippen molar-refractivity contribution in [1.82, 2.24) is 0 Å². The Morgan fingerprint density at radius 1 is 0.853 bits per heavy atom. The van der Waals surface area contributed by atoms with Crippen molar-refractivity contribution in [3.63, 3.8) is 0 Å². The Bertz CT molecular complexity index is 974. The number of phenols is 3. The van der Waals surface area contributed by atoms with Gasteiger partial charge in [0.2, 0.25) is 0 Å². The fraction of sp³-hybridized carbons (Fsp3) is 0.714. The number of carbonyl (C=O) groups excluding carboxylic acids is 2. The van der Waals surface area contributed by atoms with Crippen LogP contribution in [0, 0.1) is 40.4 Å². The van der Waals surface area contributed by atoms with Gasteiger partial charge in [0.25, 0.3) is 0 Å². The van der Waals surface area contributed by atoms with Crippen molar-refractivity contribution in [2.75, 3.05) is 0 Å². The number of hydrogen-bond acceptors (Lipinski definition) is 6. The third-order valence-corrected chi connectivity index (χ3v) is 10.1. The molecular weight excluding hydrogens is 432 g/mol. The van der Waals surface area contributed by atoms with Gasteiger partial charge in [-0.15, -0.1) is 0 Å². The second kappa shape index (κ2) is 7.97. The average Bonchev–Trinajstić information content (AvgIpc) is 3.13. The lowest BCUT2D eigenvalue weighted by Gasteiger charge is -2.45. The zero-order chi connectivity index (χ0) is 25.4. The maximum atomic E-state index is 11.8. The second-order valence-electron chi connectivity index (χ2n) is 12.7. The molecule has 0 radical (unpaired) electrons. The first kappa shape index (κ1) is 25.0. The summed E-state index contributed by atoms with van der Waals surface area (Å²) in [6, 6.07) is 0. The van der Waals surface area contributed by atoms with Gasteiger partial charge in [-0.05, 0) is 85.4 Å². The molecule has 0 heterocycles. The number of benzene rings is 1. The van der Waals surface area contributed by atoms with Crippen LogP contribution in [0.1, 0.15) is 106 Å². The predicted octanol–water partition coefficient (Wildman–Crippen LogP) is 5.41. The van der Waals surface area contributed by atoms with Crippen LogP contribution in [0.25, 0.3) is 0 Å². The second-order valence-corrected chi connectivity index (χ2v) is 12.7. The van der Waals surface area contributed by atoms with Gasteiger partial charge in [0.15, 0.2) is 12.6 Å². The van der Waals surface area contributed by atoms with Crippen molar-refractivity contribution in [1.29, 1.82) is 0 Å². The molecule has 34 heavy (non-hydrogen) atoms. The minimum Gasteiger partial charge on any atom is -0.507 e. The highest BCUT2D eigenvalue weighted by Gasteiger charge is 2.70. The van der Waals surface area contributed by atoms with Crippen molar-refractivity contribution in [2.45, 2.75) is 85.2 Å². The van der Waals surface area contributed by atoms with Crippen LogP contribution in [0.4, 0.5) is 0 Å². The number of phenolic OH excluding ortho intramolecular Hbond substituents is 3. The third kappa shape index (κ3) is 3.39. The summed E-state index contributed by atoms with van der Waals surface area (Å²) in [6.45, 7) is 12.9. The van der Waals surface area contributed by atoms with Crippen LogP contribution in [0.3, 0.4) is 0 Å². The highest BCUT2D eigenvalue weighted by atomic mass is 16.3. The molecule has 4 N–H and O–H groups in total. The number of aromatic hydroxyl groups is 3. The molecule has 0 saturated heterocycles. The zero-order valence-corrected chi connectivity index (χ0v) is 21.3. The lowest BCUT2D eigenvalue weighted by Crippen LogP contribution is -2.42. The lowest BCUT2D eigenvalue weighted by atomic mass is 9.59. The maximum absolute atomic E-state index is 11.8. The average molecular weight is 473 g/mol. The molecule has 1 aromatic rings. The first-order valence-corrected chi connectivity index (χ1v) is 12.7. The molecular formula is C28H40O6. The minimum absolute atomic E-state index is 0.0985. The number of rotatable bonds is 6. The molecule has 188 valence electrons. The fourth-order valence-electron chi connectivity index (χ4n) is 8.23. The third-order valence-electron chi connectivity index (χ3n) is 10.1. The summed E-state index contributed by atoms with van der Waals surface area (Å²) in [4.78, 5) is 23.6. The van der Waals surface area contributed by atoms with Crippen molar-refractivity contribution < 1.29 is 30.0 Å². The van der Waals surface area contributed by atoms with Crippen LogP contribution < -0.4 is 0 Å². The molecule has 1 aromatic carbocycles. The summed E-state index contributed by atoms with van der Waals surface area (Å²) in [7, 11) is 0. The van der Waals surface area contributed by atoms with E-state index in [0.29, 0.717) is 30.8 Å². The molecule has 3 aliphatic carbocycles. The van der Waals surface area contributed by atoms with Gasteiger partial charge in [0, 0.05) is 5.56 Å². The van der Waals surface area contributed by atoms with E-state index < -0.39 is 22.8 Å². The summed E-state index contributed by atoms with van der Waals surface area (Å²) in [5, 5.41) is 44.1. The minimum atomic E-state index is -0.782. The summed E-state index contributed by atoms with van der Waals surface area (Å²) in [5.74, 6) is -0.524. The Morgan fingerprint density at radius 3 is 1.88 bits per heavy atom. The van der Waals surface area contributed by atoms with Crippen molar-refractivity contribution >= 4 is 12.6 Å². The van der Waals surface area contributed by atoms with Crippen molar-refractivity contribution in [3.05, 3.63) is 16.7 Å². The van der Waals surface area contributed by atoms with E-state index in [9.17, 15) is 30.0 Å². The topological polar surface area (TPSA) is 115 Å². The Labute approximate surface area is 202 Å². The molecule has 0 aliphatic heterocycles. The van der Waals surface area contributed by atoms with E-state index in [1.165, 1.54) is 0 Å². The molecule has 6 heteroatoms. The van der Waals surface area contributed by atoms with E-state index in [-0.39, 0.29) is 51.2 Å². The van der Waals surface area contributed by atoms with Gasteiger partial charge in [-0.3, -0.25) is 9.59 Å². The van der Waals surface area contributed by atoms with Crippen LogP contribution in [0.15, 0.2) is 0 Å². The van der Waals surface area contributed by atoms with Crippen LogP contribution >= 0.6 is 0 Å². The SMILES string of the molecule is CC(C)C[C@H](c1c(O)c(C=O)c(O)c(C=O)c1O)[C@@]1(C)CC[C@@H]2[C@@H]1[C@H]1[C@@H](CC[C@@]2(C)O)C1(C)C. The zero-order valence-electron chi connectivity index (χ0n) is 21.3. The number of fused-ring (bicyclic) bond motifs is 3. The van der Waals surface area contributed by atoms with Gasteiger partial charge in [0.1, 0.15) is 17.2 Å². The Kier molecular flexibility index (Phi) is 5.87. The van der Waals surface area contributed by atoms with Crippen LogP contribution in [-0.2, 0) is 0 Å². The van der Waals surface area contributed by atoms with Gasteiger partial charge in [-0.25, -0.2) is 0 Å². The first-order chi connectivity index (χ1) is 15.7. The Hall–Kier alpha value is -2.08.